The molecule has 1 atom stereocenters. The molecular formula is C23H21N5O. The molecular weight excluding hydrogens is 362 g/mol. The number of aromatic nitrogens is 4. The van der Waals surface area contributed by atoms with Crippen LogP contribution >= 0.6 is 0 Å². The zero-order valence-electron chi connectivity index (χ0n) is 16.2. The second kappa shape index (κ2) is 7.13. The number of hydrogen-bond acceptors (Lipinski definition) is 5. The van der Waals surface area contributed by atoms with Crippen molar-refractivity contribution in [3.05, 3.63) is 83.0 Å². The summed E-state index contributed by atoms with van der Waals surface area (Å²) in [4.78, 5) is 28.1. The van der Waals surface area contributed by atoms with Crippen LogP contribution in [0.4, 0.5) is 5.95 Å². The SMILES string of the molecule is CC1CCn2c(nc(-c3ccncn3)cc2=O)N1Cc1ccc2ccccc2c1. The van der Waals surface area contributed by atoms with Crippen LogP contribution in [0.3, 0.4) is 0 Å². The zero-order chi connectivity index (χ0) is 19.8. The normalized spacial score (nSPS) is 16.0. The van der Waals surface area contributed by atoms with Crippen molar-refractivity contribution < 1.29 is 0 Å². The second-order valence-corrected chi connectivity index (χ2v) is 7.47. The van der Waals surface area contributed by atoms with Crippen molar-refractivity contribution in [3.63, 3.8) is 0 Å². The van der Waals surface area contributed by atoms with Crippen molar-refractivity contribution in [2.24, 2.45) is 0 Å². The molecule has 6 heteroatoms. The lowest BCUT2D eigenvalue weighted by atomic mass is 10.1. The van der Waals surface area contributed by atoms with Crippen LogP contribution in [0.25, 0.3) is 22.2 Å². The minimum atomic E-state index is -0.0426. The summed E-state index contributed by atoms with van der Waals surface area (Å²) in [7, 11) is 0. The smallest absolute Gasteiger partial charge is 0.255 e. The summed E-state index contributed by atoms with van der Waals surface area (Å²) in [6.07, 6.45) is 4.05. The number of fused-ring (bicyclic) bond motifs is 2. The molecule has 0 amide bonds. The lowest BCUT2D eigenvalue weighted by molar-refractivity contribution is 0.454. The topological polar surface area (TPSA) is 63.9 Å². The Hall–Kier alpha value is -3.54. The van der Waals surface area contributed by atoms with Crippen LogP contribution in [0, 0.1) is 0 Å². The van der Waals surface area contributed by atoms with Gasteiger partial charge in [0, 0.05) is 31.4 Å². The number of rotatable bonds is 3. The third-order valence-corrected chi connectivity index (χ3v) is 5.56. The van der Waals surface area contributed by atoms with Gasteiger partial charge in [0.2, 0.25) is 5.95 Å². The van der Waals surface area contributed by atoms with Crippen molar-refractivity contribution in [2.75, 3.05) is 4.90 Å². The van der Waals surface area contributed by atoms with Crippen LogP contribution in [0.5, 0.6) is 0 Å². The fourth-order valence-corrected chi connectivity index (χ4v) is 3.93. The number of hydrogen-bond donors (Lipinski definition) is 0. The van der Waals surface area contributed by atoms with Gasteiger partial charge in [-0.05, 0) is 41.8 Å². The van der Waals surface area contributed by atoms with E-state index < -0.39 is 0 Å². The second-order valence-electron chi connectivity index (χ2n) is 7.47. The number of nitrogens with zero attached hydrogens (tertiary/aromatic N) is 5. The van der Waals surface area contributed by atoms with Gasteiger partial charge in [-0.1, -0.05) is 36.4 Å². The summed E-state index contributed by atoms with van der Waals surface area (Å²) < 4.78 is 1.77. The van der Waals surface area contributed by atoms with E-state index in [2.05, 4.69) is 64.3 Å². The molecule has 144 valence electrons. The van der Waals surface area contributed by atoms with Crippen molar-refractivity contribution in [3.8, 4) is 11.4 Å². The molecule has 0 aliphatic carbocycles. The quantitative estimate of drug-likeness (QED) is 0.540. The Kier molecular flexibility index (Phi) is 4.31. The first-order chi connectivity index (χ1) is 14.2. The molecule has 0 N–H and O–H groups in total. The monoisotopic (exact) mass is 383 g/mol. The molecule has 0 fully saturated rings. The van der Waals surface area contributed by atoms with Crippen molar-refractivity contribution in [1.29, 1.82) is 0 Å². The molecule has 2 aromatic carbocycles. The molecule has 5 rings (SSSR count). The van der Waals surface area contributed by atoms with E-state index in [9.17, 15) is 4.79 Å². The van der Waals surface area contributed by atoms with Gasteiger partial charge in [-0.2, -0.15) is 0 Å². The van der Waals surface area contributed by atoms with Crippen LogP contribution in [0.1, 0.15) is 18.9 Å². The molecule has 4 aromatic rings. The van der Waals surface area contributed by atoms with Crippen molar-refractivity contribution in [1.82, 2.24) is 19.5 Å². The van der Waals surface area contributed by atoms with E-state index in [1.165, 1.54) is 22.7 Å². The van der Waals surface area contributed by atoms with Crippen LogP contribution < -0.4 is 10.5 Å². The average Bonchev–Trinajstić information content (AvgIpc) is 2.76. The van der Waals surface area contributed by atoms with E-state index in [0.29, 0.717) is 30.4 Å². The van der Waals surface area contributed by atoms with Gasteiger partial charge in [-0.25, -0.2) is 15.0 Å². The Labute approximate surface area is 168 Å². The maximum Gasteiger partial charge on any atom is 0.255 e. The highest BCUT2D eigenvalue weighted by Gasteiger charge is 2.26. The van der Waals surface area contributed by atoms with Crippen molar-refractivity contribution >= 4 is 16.7 Å². The minimum absolute atomic E-state index is 0.0426. The lowest BCUT2D eigenvalue weighted by Gasteiger charge is -2.36. The Morgan fingerprint density at radius 3 is 2.72 bits per heavy atom. The Balaban J connectivity index is 1.57. The van der Waals surface area contributed by atoms with E-state index in [1.807, 2.05) is 0 Å². The van der Waals surface area contributed by atoms with Gasteiger partial charge in [0.15, 0.2) is 0 Å². The first kappa shape index (κ1) is 17.6. The van der Waals surface area contributed by atoms with Gasteiger partial charge < -0.3 is 4.90 Å². The van der Waals surface area contributed by atoms with Crippen LogP contribution in [-0.2, 0) is 13.1 Å². The molecule has 1 aliphatic heterocycles. The van der Waals surface area contributed by atoms with E-state index >= 15 is 0 Å². The molecule has 0 saturated carbocycles. The third kappa shape index (κ3) is 3.27. The van der Waals surface area contributed by atoms with Crippen LogP contribution in [0.15, 0.2) is 71.9 Å². The zero-order valence-corrected chi connectivity index (χ0v) is 16.2. The molecule has 1 aliphatic rings. The Morgan fingerprint density at radius 2 is 1.90 bits per heavy atom. The third-order valence-electron chi connectivity index (χ3n) is 5.56. The van der Waals surface area contributed by atoms with E-state index in [0.717, 1.165) is 6.42 Å². The van der Waals surface area contributed by atoms with Crippen LogP contribution in [0.2, 0.25) is 0 Å². The standard InChI is InChI=1S/C23H21N5O/c1-16-9-11-27-22(29)13-21(20-8-10-24-15-25-20)26-23(27)28(16)14-17-6-7-18-4-2-3-5-19(18)12-17/h2-8,10,12-13,15-16H,9,11,14H2,1H3. The maximum atomic E-state index is 12.8. The highest BCUT2D eigenvalue weighted by Crippen LogP contribution is 2.27. The van der Waals surface area contributed by atoms with E-state index in [4.69, 9.17) is 4.98 Å². The predicted molar refractivity (Wildman–Crippen MR) is 114 cm³/mol. The van der Waals surface area contributed by atoms with Gasteiger partial charge in [0.25, 0.3) is 5.56 Å². The lowest BCUT2D eigenvalue weighted by Crippen LogP contribution is -2.43. The summed E-state index contributed by atoms with van der Waals surface area (Å²) in [5, 5.41) is 2.44. The summed E-state index contributed by atoms with van der Waals surface area (Å²) in [5.74, 6) is 0.707. The van der Waals surface area contributed by atoms with Gasteiger partial charge >= 0.3 is 0 Å². The molecule has 0 radical (unpaired) electrons. The van der Waals surface area contributed by atoms with Gasteiger partial charge in [-0.3, -0.25) is 9.36 Å². The van der Waals surface area contributed by atoms with E-state index in [1.54, 1.807) is 22.9 Å². The maximum absolute atomic E-state index is 12.8. The highest BCUT2D eigenvalue weighted by atomic mass is 16.1. The highest BCUT2D eigenvalue weighted by molar-refractivity contribution is 5.83. The first-order valence-corrected chi connectivity index (χ1v) is 9.81. The van der Waals surface area contributed by atoms with Gasteiger partial charge in [-0.15, -0.1) is 0 Å². The predicted octanol–water partition coefficient (Wildman–Crippen LogP) is 3.65. The summed E-state index contributed by atoms with van der Waals surface area (Å²) in [6, 6.07) is 18.5. The summed E-state index contributed by atoms with van der Waals surface area (Å²) in [6.45, 7) is 3.57. The average molecular weight is 383 g/mol. The van der Waals surface area contributed by atoms with E-state index in [-0.39, 0.29) is 11.6 Å². The van der Waals surface area contributed by atoms with Crippen molar-refractivity contribution in [2.45, 2.75) is 32.5 Å². The fourth-order valence-electron chi connectivity index (χ4n) is 3.93. The number of anilines is 1. The van der Waals surface area contributed by atoms with Gasteiger partial charge in [0.05, 0.1) is 11.4 Å². The summed E-state index contributed by atoms with van der Waals surface area (Å²) in [5.41, 5.74) is 2.40. The van der Waals surface area contributed by atoms with Crippen LogP contribution in [-0.4, -0.2) is 25.6 Å². The molecule has 2 aromatic heterocycles. The first-order valence-electron chi connectivity index (χ1n) is 9.81. The van der Waals surface area contributed by atoms with Gasteiger partial charge in [0.1, 0.15) is 6.33 Å². The summed E-state index contributed by atoms with van der Waals surface area (Å²) >= 11 is 0. The largest absolute Gasteiger partial charge is 0.335 e. The molecule has 0 saturated heterocycles. The molecule has 0 spiro atoms. The molecule has 29 heavy (non-hydrogen) atoms. The molecule has 0 bridgehead atoms. The fraction of sp³-hybridized carbons (Fsp3) is 0.217. The Bertz CT molecular complexity index is 1230. The molecule has 6 nitrogen and oxygen atoms in total. The number of benzene rings is 2. The Morgan fingerprint density at radius 1 is 1.03 bits per heavy atom. The minimum Gasteiger partial charge on any atom is -0.335 e. The molecule has 3 heterocycles. The molecule has 1 unspecified atom stereocenters.